The van der Waals surface area contributed by atoms with Gasteiger partial charge in [-0.3, -0.25) is 0 Å². The predicted octanol–water partition coefficient (Wildman–Crippen LogP) is 1.46. The van der Waals surface area contributed by atoms with E-state index in [1.54, 1.807) is 19.3 Å². The highest BCUT2D eigenvalue weighted by atomic mass is 32.2. The summed E-state index contributed by atoms with van der Waals surface area (Å²) in [6, 6.07) is -0.101. The lowest BCUT2D eigenvalue weighted by atomic mass is 9.90. The average molecular weight is 417 g/mol. The Balaban J connectivity index is 1.58. The lowest BCUT2D eigenvalue weighted by molar-refractivity contribution is 0.0911. The fourth-order valence-electron chi connectivity index (χ4n) is 3.28. The number of hydrogen-bond donors (Lipinski definition) is 1. The van der Waals surface area contributed by atoms with E-state index >= 15 is 0 Å². The quantitative estimate of drug-likeness (QED) is 0.612. The van der Waals surface area contributed by atoms with Gasteiger partial charge in [0.05, 0.1) is 11.3 Å². The molecule has 0 radical (unpaired) electrons. The van der Waals surface area contributed by atoms with Gasteiger partial charge in [-0.05, 0) is 20.8 Å². The Hall–Kier alpha value is -2.66. The van der Waals surface area contributed by atoms with Gasteiger partial charge < -0.3 is 9.30 Å². The van der Waals surface area contributed by atoms with Crippen LogP contribution in [-0.2, 0) is 16.6 Å². The van der Waals surface area contributed by atoms with Crippen LogP contribution in [-0.4, -0.2) is 55.8 Å². The van der Waals surface area contributed by atoms with E-state index < -0.39 is 10.0 Å². The van der Waals surface area contributed by atoms with Crippen molar-refractivity contribution >= 4 is 21.2 Å². The minimum absolute atomic E-state index is 0.0709. The molecule has 0 unspecified atom stereocenters. The molecule has 3 aromatic rings. The topological polar surface area (TPSA) is 125 Å². The molecule has 1 fully saturated rings. The van der Waals surface area contributed by atoms with Crippen LogP contribution in [0.3, 0.4) is 0 Å². The van der Waals surface area contributed by atoms with Crippen molar-refractivity contribution in [3.63, 3.8) is 0 Å². The molecule has 0 aromatic carbocycles. The van der Waals surface area contributed by atoms with E-state index in [0.717, 1.165) is 5.56 Å². The molecule has 3 heterocycles. The van der Waals surface area contributed by atoms with Gasteiger partial charge in [0.1, 0.15) is 24.1 Å². The summed E-state index contributed by atoms with van der Waals surface area (Å²) >= 11 is 0. The molecule has 0 spiro atoms. The molecular weight excluding hydrogens is 394 g/mol. The summed E-state index contributed by atoms with van der Waals surface area (Å²) in [5.41, 5.74) is 2.04. The standard InChI is InChI=1S/C18H23N7O3S/c1-4-25-16(12-8-19-11(3)20-9-12)23-15-17(25)21-10-22-18(15)28-14-6-13(7-14)24-29(26,27)5-2/h8-10,13-14,24H,4-7H2,1-3H3/t13-,14-. The number of sulfonamides is 1. The number of aryl methyl sites for hydroxylation is 2. The number of aromatic nitrogens is 6. The highest BCUT2D eigenvalue weighted by Crippen LogP contribution is 2.31. The molecule has 29 heavy (non-hydrogen) atoms. The lowest BCUT2D eigenvalue weighted by Crippen LogP contribution is -2.49. The van der Waals surface area contributed by atoms with Crippen LogP contribution in [0, 0.1) is 6.92 Å². The molecule has 1 N–H and O–H groups in total. The van der Waals surface area contributed by atoms with Crippen molar-refractivity contribution < 1.29 is 13.2 Å². The second kappa shape index (κ2) is 7.64. The molecule has 0 atom stereocenters. The van der Waals surface area contributed by atoms with Crippen LogP contribution in [0.1, 0.15) is 32.5 Å². The van der Waals surface area contributed by atoms with Crippen LogP contribution in [0.2, 0.25) is 0 Å². The monoisotopic (exact) mass is 417 g/mol. The highest BCUT2D eigenvalue weighted by Gasteiger charge is 2.34. The molecule has 1 aliphatic carbocycles. The molecule has 1 aliphatic rings. The molecule has 0 aliphatic heterocycles. The first kappa shape index (κ1) is 19.6. The largest absolute Gasteiger partial charge is 0.473 e. The van der Waals surface area contributed by atoms with Gasteiger partial charge in [-0.1, -0.05) is 0 Å². The molecule has 0 saturated heterocycles. The zero-order chi connectivity index (χ0) is 20.6. The third-order valence-corrected chi connectivity index (χ3v) is 6.41. The third kappa shape index (κ3) is 3.92. The number of fused-ring (bicyclic) bond motifs is 1. The lowest BCUT2D eigenvalue weighted by Gasteiger charge is -2.35. The van der Waals surface area contributed by atoms with Gasteiger partial charge >= 0.3 is 0 Å². The van der Waals surface area contributed by atoms with Crippen LogP contribution in [0.4, 0.5) is 0 Å². The van der Waals surface area contributed by atoms with E-state index in [2.05, 4.69) is 24.7 Å². The zero-order valence-corrected chi connectivity index (χ0v) is 17.3. The van der Waals surface area contributed by atoms with E-state index in [4.69, 9.17) is 9.72 Å². The second-order valence-corrected chi connectivity index (χ2v) is 9.02. The number of nitrogens with one attached hydrogen (secondary N) is 1. The van der Waals surface area contributed by atoms with Gasteiger partial charge in [0.2, 0.25) is 15.9 Å². The number of nitrogens with zero attached hydrogens (tertiary/aromatic N) is 6. The van der Waals surface area contributed by atoms with Gasteiger partial charge in [0, 0.05) is 37.8 Å². The van der Waals surface area contributed by atoms with Crippen LogP contribution in [0.5, 0.6) is 5.88 Å². The zero-order valence-electron chi connectivity index (χ0n) is 16.5. The van der Waals surface area contributed by atoms with Crippen LogP contribution in [0.15, 0.2) is 18.7 Å². The normalized spacial score (nSPS) is 19.3. The first-order valence-electron chi connectivity index (χ1n) is 9.57. The van der Waals surface area contributed by atoms with E-state index in [1.807, 2.05) is 18.4 Å². The molecule has 1 saturated carbocycles. The van der Waals surface area contributed by atoms with Gasteiger partial charge in [0.15, 0.2) is 11.2 Å². The Labute approximate surface area is 168 Å². The Kier molecular flexibility index (Phi) is 5.17. The van der Waals surface area contributed by atoms with Crippen molar-refractivity contribution in [3.8, 4) is 17.3 Å². The summed E-state index contributed by atoms with van der Waals surface area (Å²) in [6.07, 6.45) is 6.00. The smallest absolute Gasteiger partial charge is 0.245 e. The van der Waals surface area contributed by atoms with Crippen molar-refractivity contribution in [2.45, 2.75) is 52.3 Å². The minimum Gasteiger partial charge on any atom is -0.473 e. The summed E-state index contributed by atoms with van der Waals surface area (Å²) in [5, 5.41) is 0. The van der Waals surface area contributed by atoms with Crippen LogP contribution < -0.4 is 9.46 Å². The fraction of sp³-hybridized carbons (Fsp3) is 0.500. The Morgan fingerprint density at radius 2 is 1.90 bits per heavy atom. The molecule has 154 valence electrons. The summed E-state index contributed by atoms with van der Waals surface area (Å²) in [5.74, 6) is 1.87. The van der Waals surface area contributed by atoms with Crippen molar-refractivity contribution in [2.24, 2.45) is 0 Å². The first-order valence-corrected chi connectivity index (χ1v) is 11.2. The summed E-state index contributed by atoms with van der Waals surface area (Å²) < 4.78 is 34.0. The summed E-state index contributed by atoms with van der Waals surface area (Å²) in [4.78, 5) is 21.9. The van der Waals surface area contributed by atoms with Gasteiger partial charge in [-0.15, -0.1) is 0 Å². The Morgan fingerprint density at radius 3 is 2.55 bits per heavy atom. The van der Waals surface area contributed by atoms with E-state index in [0.29, 0.717) is 48.1 Å². The number of hydrogen-bond acceptors (Lipinski definition) is 8. The maximum absolute atomic E-state index is 11.7. The molecule has 10 nitrogen and oxygen atoms in total. The number of rotatable bonds is 7. The van der Waals surface area contributed by atoms with Gasteiger partial charge in [0.25, 0.3) is 0 Å². The molecular formula is C18H23N7O3S. The number of imidazole rings is 1. The molecule has 0 amide bonds. The SMILES string of the molecule is CCn1c(-c2cnc(C)nc2)nc2c(O[C@H]3C[C@H](NS(=O)(=O)CC)C3)ncnc21. The maximum atomic E-state index is 11.7. The van der Waals surface area contributed by atoms with E-state index in [-0.39, 0.29) is 17.9 Å². The molecule has 3 aromatic heterocycles. The molecule has 0 bridgehead atoms. The average Bonchev–Trinajstić information content (AvgIpc) is 3.06. The van der Waals surface area contributed by atoms with E-state index in [9.17, 15) is 8.42 Å². The Bertz CT molecular complexity index is 1120. The van der Waals surface area contributed by atoms with Gasteiger partial charge in [-0.2, -0.15) is 4.98 Å². The van der Waals surface area contributed by atoms with Crippen molar-refractivity contribution in [1.82, 2.24) is 34.2 Å². The molecule has 4 rings (SSSR count). The third-order valence-electron chi connectivity index (χ3n) is 4.95. The van der Waals surface area contributed by atoms with Crippen LogP contribution in [0.25, 0.3) is 22.6 Å². The van der Waals surface area contributed by atoms with Crippen molar-refractivity contribution in [1.29, 1.82) is 0 Å². The summed E-state index contributed by atoms with van der Waals surface area (Å²) in [7, 11) is -3.21. The highest BCUT2D eigenvalue weighted by molar-refractivity contribution is 7.89. The summed E-state index contributed by atoms with van der Waals surface area (Å²) in [6.45, 7) is 6.13. The number of ether oxygens (including phenoxy) is 1. The minimum atomic E-state index is -3.21. The van der Waals surface area contributed by atoms with E-state index in [1.165, 1.54) is 6.33 Å². The Morgan fingerprint density at radius 1 is 1.17 bits per heavy atom. The van der Waals surface area contributed by atoms with Crippen molar-refractivity contribution in [3.05, 3.63) is 24.5 Å². The first-order chi connectivity index (χ1) is 13.9. The maximum Gasteiger partial charge on any atom is 0.245 e. The molecule has 11 heteroatoms. The van der Waals surface area contributed by atoms with Gasteiger partial charge in [-0.25, -0.2) is 33.1 Å². The predicted molar refractivity (Wildman–Crippen MR) is 107 cm³/mol. The van der Waals surface area contributed by atoms with Crippen LogP contribution >= 0.6 is 0 Å². The van der Waals surface area contributed by atoms with Crippen molar-refractivity contribution in [2.75, 3.05) is 5.75 Å². The second-order valence-electron chi connectivity index (χ2n) is 6.98. The fourth-order valence-corrected chi connectivity index (χ4v) is 4.15.